The minimum atomic E-state index is -0.587. The highest BCUT2D eigenvalue weighted by Gasteiger charge is 2.35. The number of nitrogens with two attached hydrogens (primary N) is 1. The number of rotatable bonds is 2. The smallest absolute Gasteiger partial charge is 0.292 e. The third-order valence-corrected chi connectivity index (χ3v) is 3.36. The van der Waals surface area contributed by atoms with Crippen LogP contribution in [0.5, 0.6) is 0 Å². The van der Waals surface area contributed by atoms with Crippen LogP contribution < -0.4 is 5.73 Å². The Kier molecular flexibility index (Phi) is 3.63. The number of benzene rings is 1. The highest BCUT2D eigenvalue weighted by molar-refractivity contribution is 5.96. The van der Waals surface area contributed by atoms with Crippen LogP contribution in [0.25, 0.3) is 0 Å². The van der Waals surface area contributed by atoms with Crippen LogP contribution in [0.15, 0.2) is 18.2 Å². The molecule has 0 spiro atoms. The van der Waals surface area contributed by atoms with E-state index in [2.05, 4.69) is 0 Å². The van der Waals surface area contributed by atoms with Crippen LogP contribution in [0.1, 0.15) is 24.2 Å². The van der Waals surface area contributed by atoms with E-state index < -0.39 is 10.5 Å². The molecule has 1 aliphatic heterocycles. The van der Waals surface area contributed by atoms with Crippen LogP contribution >= 0.6 is 0 Å². The molecule has 0 aromatic heterocycles. The summed E-state index contributed by atoms with van der Waals surface area (Å²) in [6.07, 6.45) is 0. The van der Waals surface area contributed by atoms with Gasteiger partial charge in [0.05, 0.1) is 23.7 Å². The molecule has 0 unspecified atom stereocenters. The molecule has 1 heterocycles. The molecule has 7 heteroatoms. The van der Waals surface area contributed by atoms with Crippen LogP contribution in [0.3, 0.4) is 0 Å². The van der Waals surface area contributed by atoms with Crippen LogP contribution in [-0.2, 0) is 4.74 Å². The molecule has 1 aromatic rings. The number of nitrogen functional groups attached to an aromatic ring is 1. The molecular weight excluding hydrogens is 262 g/mol. The Bertz CT molecular complexity index is 557. The minimum Gasteiger partial charge on any atom is -0.393 e. The molecule has 7 nitrogen and oxygen atoms in total. The number of anilines is 1. The molecule has 0 radical (unpaired) electrons. The van der Waals surface area contributed by atoms with Gasteiger partial charge >= 0.3 is 0 Å². The number of hydrogen-bond acceptors (Lipinski definition) is 5. The number of hydrogen-bond donors (Lipinski definition) is 1. The molecule has 1 aliphatic rings. The van der Waals surface area contributed by atoms with Crippen molar-refractivity contribution in [3.8, 4) is 0 Å². The molecule has 1 aromatic carbocycles. The standard InChI is InChI=1S/C13H17N3O4/c1-13(2)8-20-6-5-15(13)12(17)9-3-4-10(14)11(7-9)16(18)19/h3-4,7H,5-6,8,14H2,1-2H3. The van der Waals surface area contributed by atoms with Gasteiger partial charge in [0.15, 0.2) is 0 Å². The fraction of sp³-hybridized carbons (Fsp3) is 0.462. The predicted octanol–water partition coefficient (Wildman–Crippen LogP) is 1.43. The van der Waals surface area contributed by atoms with E-state index >= 15 is 0 Å². The van der Waals surface area contributed by atoms with Crippen molar-refractivity contribution >= 4 is 17.3 Å². The number of nitro benzene ring substituents is 1. The fourth-order valence-electron chi connectivity index (χ4n) is 2.23. The lowest BCUT2D eigenvalue weighted by atomic mass is 10.0. The van der Waals surface area contributed by atoms with Crippen LogP contribution in [-0.4, -0.2) is 41.0 Å². The van der Waals surface area contributed by atoms with Gasteiger partial charge in [-0.25, -0.2) is 0 Å². The number of amides is 1. The molecule has 1 amide bonds. The van der Waals surface area contributed by atoms with E-state index in [1.165, 1.54) is 18.2 Å². The van der Waals surface area contributed by atoms with E-state index in [0.717, 1.165) is 0 Å². The fourth-order valence-corrected chi connectivity index (χ4v) is 2.23. The first-order chi connectivity index (χ1) is 9.33. The summed E-state index contributed by atoms with van der Waals surface area (Å²) in [4.78, 5) is 24.5. The largest absolute Gasteiger partial charge is 0.393 e. The Labute approximate surface area is 116 Å². The van der Waals surface area contributed by atoms with E-state index in [-0.39, 0.29) is 22.8 Å². The van der Waals surface area contributed by atoms with E-state index in [0.29, 0.717) is 19.8 Å². The van der Waals surface area contributed by atoms with E-state index in [9.17, 15) is 14.9 Å². The zero-order valence-corrected chi connectivity index (χ0v) is 11.5. The summed E-state index contributed by atoms with van der Waals surface area (Å²) in [6, 6.07) is 4.12. The summed E-state index contributed by atoms with van der Waals surface area (Å²) in [5, 5.41) is 10.9. The predicted molar refractivity (Wildman–Crippen MR) is 73.4 cm³/mol. The van der Waals surface area contributed by atoms with E-state index in [1.54, 1.807) is 4.90 Å². The molecule has 2 N–H and O–H groups in total. The normalized spacial score (nSPS) is 17.8. The van der Waals surface area contributed by atoms with E-state index in [4.69, 9.17) is 10.5 Å². The topological polar surface area (TPSA) is 98.7 Å². The monoisotopic (exact) mass is 279 g/mol. The second-order valence-corrected chi connectivity index (χ2v) is 5.35. The SMILES string of the molecule is CC1(C)COCCN1C(=O)c1ccc(N)c([N+](=O)[O-])c1. The summed E-state index contributed by atoms with van der Waals surface area (Å²) in [6.45, 7) is 5.16. The van der Waals surface area contributed by atoms with Gasteiger partial charge in [-0.05, 0) is 26.0 Å². The Balaban J connectivity index is 2.34. The number of carbonyl (C=O) groups excluding carboxylic acids is 1. The molecular formula is C13H17N3O4. The lowest BCUT2D eigenvalue weighted by molar-refractivity contribution is -0.383. The number of nitro groups is 1. The maximum atomic E-state index is 12.5. The van der Waals surface area contributed by atoms with Gasteiger partial charge in [0, 0.05) is 18.2 Å². The van der Waals surface area contributed by atoms with E-state index in [1.807, 2.05) is 13.8 Å². The lowest BCUT2D eigenvalue weighted by Crippen LogP contribution is -2.55. The maximum Gasteiger partial charge on any atom is 0.292 e. The van der Waals surface area contributed by atoms with Crippen LogP contribution in [0, 0.1) is 10.1 Å². The lowest BCUT2D eigenvalue weighted by Gasteiger charge is -2.42. The van der Waals surface area contributed by atoms with Gasteiger partial charge in [0.2, 0.25) is 0 Å². The van der Waals surface area contributed by atoms with Crippen molar-refractivity contribution in [2.75, 3.05) is 25.5 Å². The van der Waals surface area contributed by atoms with Crippen LogP contribution in [0.4, 0.5) is 11.4 Å². The summed E-state index contributed by atoms with van der Waals surface area (Å²) in [5.74, 6) is -0.249. The second-order valence-electron chi connectivity index (χ2n) is 5.35. The van der Waals surface area contributed by atoms with Gasteiger partial charge in [0.1, 0.15) is 5.69 Å². The molecule has 0 atom stereocenters. The average molecular weight is 279 g/mol. The van der Waals surface area contributed by atoms with Crippen molar-refractivity contribution < 1.29 is 14.5 Å². The Morgan fingerprint density at radius 1 is 1.50 bits per heavy atom. The van der Waals surface area contributed by atoms with Crippen molar-refractivity contribution in [3.05, 3.63) is 33.9 Å². The summed E-state index contributed by atoms with van der Waals surface area (Å²) in [5.41, 5.74) is 5.16. The molecule has 1 saturated heterocycles. The first-order valence-electron chi connectivity index (χ1n) is 6.26. The highest BCUT2D eigenvalue weighted by Crippen LogP contribution is 2.26. The molecule has 0 aliphatic carbocycles. The third kappa shape index (κ3) is 2.57. The van der Waals surface area contributed by atoms with Gasteiger partial charge in [0.25, 0.3) is 11.6 Å². The summed E-state index contributed by atoms with van der Waals surface area (Å²) >= 11 is 0. The minimum absolute atomic E-state index is 0.0489. The number of ether oxygens (including phenoxy) is 1. The molecule has 20 heavy (non-hydrogen) atoms. The summed E-state index contributed by atoms with van der Waals surface area (Å²) in [7, 11) is 0. The quantitative estimate of drug-likeness (QED) is 0.501. The van der Waals surface area contributed by atoms with Crippen molar-refractivity contribution in [1.29, 1.82) is 0 Å². The molecule has 0 saturated carbocycles. The first-order valence-corrected chi connectivity index (χ1v) is 6.26. The Morgan fingerprint density at radius 2 is 2.20 bits per heavy atom. The number of carbonyl (C=O) groups is 1. The number of morpholine rings is 1. The Hall–Kier alpha value is -2.15. The second kappa shape index (κ2) is 5.09. The first kappa shape index (κ1) is 14.3. The van der Waals surface area contributed by atoms with Crippen molar-refractivity contribution in [3.63, 3.8) is 0 Å². The average Bonchev–Trinajstić information content (AvgIpc) is 2.37. The number of nitrogens with zero attached hydrogens (tertiary/aromatic N) is 2. The zero-order valence-electron chi connectivity index (χ0n) is 11.5. The highest BCUT2D eigenvalue weighted by atomic mass is 16.6. The van der Waals surface area contributed by atoms with Crippen LogP contribution in [0.2, 0.25) is 0 Å². The van der Waals surface area contributed by atoms with Gasteiger partial charge in [-0.3, -0.25) is 14.9 Å². The summed E-state index contributed by atoms with van der Waals surface area (Å²) < 4.78 is 5.36. The van der Waals surface area contributed by atoms with Gasteiger partial charge < -0.3 is 15.4 Å². The molecule has 108 valence electrons. The van der Waals surface area contributed by atoms with Gasteiger partial charge in [-0.15, -0.1) is 0 Å². The molecule has 2 rings (SSSR count). The van der Waals surface area contributed by atoms with Crippen molar-refractivity contribution in [2.45, 2.75) is 19.4 Å². The zero-order chi connectivity index (χ0) is 14.9. The van der Waals surface area contributed by atoms with Gasteiger partial charge in [-0.1, -0.05) is 0 Å². The van der Waals surface area contributed by atoms with Crippen molar-refractivity contribution in [1.82, 2.24) is 4.90 Å². The van der Waals surface area contributed by atoms with Gasteiger partial charge in [-0.2, -0.15) is 0 Å². The maximum absolute atomic E-state index is 12.5. The molecule has 1 fully saturated rings. The third-order valence-electron chi connectivity index (χ3n) is 3.36. The molecule has 0 bridgehead atoms. The Morgan fingerprint density at radius 3 is 2.80 bits per heavy atom. The van der Waals surface area contributed by atoms with Crippen molar-refractivity contribution in [2.24, 2.45) is 0 Å².